The molecule has 0 fully saturated rings. The zero-order valence-electron chi connectivity index (χ0n) is 9.46. The minimum Gasteiger partial charge on any atom is -0.388 e. The van der Waals surface area contributed by atoms with E-state index in [0.29, 0.717) is 6.42 Å². The standard InChI is InChI=1S/C12H15N3O/c1-9-6-13-4-3-11(9)12(16)5-10-7-14-15(2)8-10/h3-4,6-8,12,16H,5H2,1-2H3. The van der Waals surface area contributed by atoms with Gasteiger partial charge in [0.15, 0.2) is 0 Å². The highest BCUT2D eigenvalue weighted by Gasteiger charge is 2.11. The first-order valence-corrected chi connectivity index (χ1v) is 5.23. The fourth-order valence-corrected chi connectivity index (χ4v) is 1.77. The van der Waals surface area contributed by atoms with E-state index in [4.69, 9.17) is 0 Å². The molecule has 0 saturated heterocycles. The molecule has 16 heavy (non-hydrogen) atoms. The lowest BCUT2D eigenvalue weighted by molar-refractivity contribution is 0.177. The van der Waals surface area contributed by atoms with E-state index >= 15 is 0 Å². The number of aromatic nitrogens is 3. The van der Waals surface area contributed by atoms with Crippen LogP contribution in [-0.4, -0.2) is 19.9 Å². The third-order valence-electron chi connectivity index (χ3n) is 2.61. The molecule has 2 aromatic rings. The van der Waals surface area contributed by atoms with E-state index < -0.39 is 6.10 Å². The molecule has 2 rings (SSSR count). The Kier molecular flexibility index (Phi) is 3.01. The van der Waals surface area contributed by atoms with Crippen molar-refractivity contribution in [2.24, 2.45) is 7.05 Å². The van der Waals surface area contributed by atoms with E-state index in [1.165, 1.54) is 0 Å². The molecule has 0 bridgehead atoms. The van der Waals surface area contributed by atoms with Crippen molar-refractivity contribution in [2.45, 2.75) is 19.4 Å². The summed E-state index contributed by atoms with van der Waals surface area (Å²) >= 11 is 0. The van der Waals surface area contributed by atoms with Crippen LogP contribution in [0.1, 0.15) is 22.8 Å². The van der Waals surface area contributed by atoms with Gasteiger partial charge >= 0.3 is 0 Å². The van der Waals surface area contributed by atoms with Crippen molar-refractivity contribution in [1.82, 2.24) is 14.8 Å². The van der Waals surface area contributed by atoms with E-state index in [1.54, 1.807) is 23.3 Å². The number of aliphatic hydroxyl groups is 1. The van der Waals surface area contributed by atoms with Gasteiger partial charge in [0, 0.05) is 32.1 Å². The Balaban J connectivity index is 2.14. The van der Waals surface area contributed by atoms with E-state index in [0.717, 1.165) is 16.7 Å². The number of hydrogen-bond donors (Lipinski definition) is 1. The van der Waals surface area contributed by atoms with Crippen molar-refractivity contribution >= 4 is 0 Å². The summed E-state index contributed by atoms with van der Waals surface area (Å²) in [4.78, 5) is 4.01. The number of hydrogen-bond acceptors (Lipinski definition) is 3. The van der Waals surface area contributed by atoms with E-state index in [2.05, 4.69) is 10.1 Å². The first-order chi connectivity index (χ1) is 7.66. The van der Waals surface area contributed by atoms with Gasteiger partial charge in [-0.25, -0.2) is 0 Å². The second-order valence-corrected chi connectivity index (χ2v) is 3.97. The molecule has 0 aliphatic carbocycles. The van der Waals surface area contributed by atoms with Crippen molar-refractivity contribution < 1.29 is 5.11 Å². The summed E-state index contributed by atoms with van der Waals surface area (Å²) in [6.07, 6.45) is 7.25. The number of nitrogens with zero attached hydrogens (tertiary/aromatic N) is 3. The van der Waals surface area contributed by atoms with Crippen LogP contribution in [0.15, 0.2) is 30.9 Å². The van der Waals surface area contributed by atoms with Crippen LogP contribution in [0.25, 0.3) is 0 Å². The van der Waals surface area contributed by atoms with E-state index in [1.807, 2.05) is 26.2 Å². The first kappa shape index (κ1) is 10.8. The predicted octanol–water partition coefficient (Wildman–Crippen LogP) is 1.40. The summed E-state index contributed by atoms with van der Waals surface area (Å²) in [6.45, 7) is 1.95. The van der Waals surface area contributed by atoms with Crippen LogP contribution < -0.4 is 0 Å². The third kappa shape index (κ3) is 2.28. The summed E-state index contributed by atoms with van der Waals surface area (Å²) in [6, 6.07) is 1.86. The molecule has 4 nitrogen and oxygen atoms in total. The van der Waals surface area contributed by atoms with Gasteiger partial charge in [-0.2, -0.15) is 5.10 Å². The molecular weight excluding hydrogens is 202 g/mol. The predicted molar refractivity (Wildman–Crippen MR) is 60.8 cm³/mol. The summed E-state index contributed by atoms with van der Waals surface area (Å²) in [5.74, 6) is 0. The number of aliphatic hydroxyl groups excluding tert-OH is 1. The molecular formula is C12H15N3O. The van der Waals surface area contributed by atoms with Crippen LogP contribution in [0.4, 0.5) is 0 Å². The maximum absolute atomic E-state index is 10.1. The third-order valence-corrected chi connectivity index (χ3v) is 2.61. The highest BCUT2D eigenvalue weighted by Crippen LogP contribution is 2.20. The smallest absolute Gasteiger partial charge is 0.0835 e. The largest absolute Gasteiger partial charge is 0.388 e. The first-order valence-electron chi connectivity index (χ1n) is 5.23. The molecule has 2 aromatic heterocycles. The van der Waals surface area contributed by atoms with Crippen LogP contribution in [-0.2, 0) is 13.5 Å². The maximum Gasteiger partial charge on any atom is 0.0835 e. The molecule has 0 saturated carbocycles. The Morgan fingerprint density at radius 3 is 2.88 bits per heavy atom. The highest BCUT2D eigenvalue weighted by atomic mass is 16.3. The fourth-order valence-electron chi connectivity index (χ4n) is 1.77. The Morgan fingerprint density at radius 2 is 2.25 bits per heavy atom. The molecule has 0 radical (unpaired) electrons. The lowest BCUT2D eigenvalue weighted by atomic mass is 10.0. The SMILES string of the molecule is Cc1cnccc1C(O)Cc1cnn(C)c1. The number of rotatable bonds is 3. The Bertz CT molecular complexity index is 479. The minimum absolute atomic E-state index is 0.493. The van der Waals surface area contributed by atoms with Gasteiger partial charge in [-0.15, -0.1) is 0 Å². The van der Waals surface area contributed by atoms with Crippen LogP contribution in [0, 0.1) is 6.92 Å². The van der Waals surface area contributed by atoms with Gasteiger partial charge in [0.25, 0.3) is 0 Å². The summed E-state index contributed by atoms with van der Waals surface area (Å²) in [7, 11) is 1.87. The van der Waals surface area contributed by atoms with E-state index in [-0.39, 0.29) is 0 Å². The maximum atomic E-state index is 10.1. The summed E-state index contributed by atoms with van der Waals surface area (Å²) in [5.41, 5.74) is 2.98. The van der Waals surface area contributed by atoms with Gasteiger partial charge < -0.3 is 5.11 Å². The zero-order chi connectivity index (χ0) is 11.5. The molecule has 1 atom stereocenters. The minimum atomic E-state index is -0.493. The van der Waals surface area contributed by atoms with Crippen LogP contribution in [0.3, 0.4) is 0 Å². The van der Waals surface area contributed by atoms with Crippen molar-refractivity contribution in [3.63, 3.8) is 0 Å². The summed E-state index contributed by atoms with van der Waals surface area (Å²) in [5, 5.41) is 14.2. The van der Waals surface area contributed by atoms with Crippen LogP contribution in [0.2, 0.25) is 0 Å². The molecule has 4 heteroatoms. The van der Waals surface area contributed by atoms with Crippen molar-refractivity contribution in [3.8, 4) is 0 Å². The molecule has 0 spiro atoms. The quantitative estimate of drug-likeness (QED) is 0.845. The van der Waals surface area contributed by atoms with Gasteiger partial charge in [0.2, 0.25) is 0 Å². The Hall–Kier alpha value is -1.68. The Morgan fingerprint density at radius 1 is 1.44 bits per heavy atom. The normalized spacial score (nSPS) is 12.7. The molecule has 0 amide bonds. The van der Waals surface area contributed by atoms with Gasteiger partial charge in [0.05, 0.1) is 12.3 Å². The molecule has 1 N–H and O–H groups in total. The average Bonchev–Trinajstić information content (AvgIpc) is 2.64. The molecule has 0 aliphatic rings. The van der Waals surface area contributed by atoms with Crippen molar-refractivity contribution in [1.29, 1.82) is 0 Å². The molecule has 2 heterocycles. The molecule has 1 unspecified atom stereocenters. The number of pyridine rings is 1. The lowest BCUT2D eigenvalue weighted by Gasteiger charge is -2.11. The average molecular weight is 217 g/mol. The van der Waals surface area contributed by atoms with E-state index in [9.17, 15) is 5.11 Å². The fraction of sp³-hybridized carbons (Fsp3) is 0.333. The highest BCUT2D eigenvalue weighted by molar-refractivity contribution is 5.25. The monoisotopic (exact) mass is 217 g/mol. The van der Waals surface area contributed by atoms with Crippen molar-refractivity contribution in [2.75, 3.05) is 0 Å². The van der Waals surface area contributed by atoms with Crippen LogP contribution >= 0.6 is 0 Å². The molecule has 84 valence electrons. The van der Waals surface area contributed by atoms with Gasteiger partial charge in [-0.3, -0.25) is 9.67 Å². The Labute approximate surface area is 94.6 Å². The zero-order valence-corrected chi connectivity index (χ0v) is 9.46. The van der Waals surface area contributed by atoms with Gasteiger partial charge in [-0.1, -0.05) is 0 Å². The van der Waals surface area contributed by atoms with Gasteiger partial charge in [-0.05, 0) is 29.7 Å². The van der Waals surface area contributed by atoms with Crippen LogP contribution in [0.5, 0.6) is 0 Å². The number of aryl methyl sites for hydroxylation is 2. The topological polar surface area (TPSA) is 50.9 Å². The second-order valence-electron chi connectivity index (χ2n) is 3.97. The molecule has 0 aromatic carbocycles. The second kappa shape index (κ2) is 4.45. The lowest BCUT2D eigenvalue weighted by Crippen LogP contribution is -2.03. The van der Waals surface area contributed by atoms with Gasteiger partial charge in [0.1, 0.15) is 0 Å². The summed E-state index contributed by atoms with van der Waals surface area (Å²) < 4.78 is 1.74. The van der Waals surface area contributed by atoms with Crippen molar-refractivity contribution in [3.05, 3.63) is 47.5 Å². The molecule has 0 aliphatic heterocycles.